The van der Waals surface area contributed by atoms with Crippen LogP contribution in [-0.4, -0.2) is 6.54 Å². The smallest absolute Gasteiger partial charge is 0.130 e. The number of benzene rings is 2. The van der Waals surface area contributed by atoms with E-state index < -0.39 is 11.6 Å². The molecule has 1 nitrogen and oxygen atoms in total. The van der Waals surface area contributed by atoms with Gasteiger partial charge >= 0.3 is 0 Å². The van der Waals surface area contributed by atoms with Crippen molar-refractivity contribution in [3.63, 3.8) is 0 Å². The quantitative estimate of drug-likeness (QED) is 0.837. The molecule has 1 unspecified atom stereocenters. The lowest BCUT2D eigenvalue weighted by atomic mass is 9.98. The fourth-order valence-electron chi connectivity index (χ4n) is 2.21. The molecular weight excluding hydrogens is 324 g/mol. The molecule has 0 spiro atoms. The molecule has 0 aliphatic rings. The first-order chi connectivity index (χ1) is 9.61. The van der Waals surface area contributed by atoms with E-state index in [4.69, 9.17) is 0 Å². The number of nitrogens with one attached hydrogen (secondary N) is 1. The van der Waals surface area contributed by atoms with Crippen LogP contribution in [0.3, 0.4) is 0 Å². The molecule has 0 aliphatic heterocycles. The SMILES string of the molecule is CCNC(Cc1ccccc1Br)c1ccc(F)cc1F. The van der Waals surface area contributed by atoms with Crippen molar-refractivity contribution in [2.75, 3.05) is 6.54 Å². The predicted molar refractivity (Wildman–Crippen MR) is 80.6 cm³/mol. The Bertz CT molecular complexity index is 586. The average molecular weight is 340 g/mol. The van der Waals surface area contributed by atoms with Crippen LogP contribution in [0.5, 0.6) is 0 Å². The standard InChI is InChI=1S/C16H16BrF2N/c1-2-20-16(9-11-5-3-4-6-14(11)17)13-8-7-12(18)10-15(13)19/h3-8,10,16,20H,2,9H2,1H3. The van der Waals surface area contributed by atoms with Gasteiger partial charge in [-0.15, -0.1) is 0 Å². The van der Waals surface area contributed by atoms with Crippen molar-refractivity contribution in [1.29, 1.82) is 0 Å². The molecule has 106 valence electrons. The molecule has 0 saturated heterocycles. The first-order valence-corrected chi connectivity index (χ1v) is 7.33. The normalized spacial score (nSPS) is 12.4. The minimum Gasteiger partial charge on any atom is -0.310 e. The average Bonchev–Trinajstić information content (AvgIpc) is 2.41. The van der Waals surface area contributed by atoms with Gasteiger partial charge in [-0.2, -0.15) is 0 Å². The van der Waals surface area contributed by atoms with Gasteiger partial charge in [0.05, 0.1) is 0 Å². The van der Waals surface area contributed by atoms with Crippen LogP contribution in [0.15, 0.2) is 46.9 Å². The van der Waals surface area contributed by atoms with E-state index in [9.17, 15) is 8.78 Å². The summed E-state index contributed by atoms with van der Waals surface area (Å²) in [5.74, 6) is -1.06. The third kappa shape index (κ3) is 3.64. The molecule has 0 radical (unpaired) electrons. The number of hydrogen-bond acceptors (Lipinski definition) is 1. The molecule has 0 saturated carbocycles. The zero-order valence-corrected chi connectivity index (χ0v) is 12.8. The summed E-state index contributed by atoms with van der Waals surface area (Å²) in [5, 5.41) is 3.25. The fourth-order valence-corrected chi connectivity index (χ4v) is 2.65. The van der Waals surface area contributed by atoms with E-state index in [0.717, 1.165) is 16.1 Å². The molecule has 0 amide bonds. The second-order valence-corrected chi connectivity index (χ2v) is 5.43. The monoisotopic (exact) mass is 339 g/mol. The Morgan fingerprint density at radius 3 is 2.55 bits per heavy atom. The topological polar surface area (TPSA) is 12.0 Å². The molecular formula is C16H16BrF2N. The van der Waals surface area contributed by atoms with Gasteiger partial charge in [0.2, 0.25) is 0 Å². The maximum absolute atomic E-state index is 13.9. The lowest BCUT2D eigenvalue weighted by Crippen LogP contribution is -2.24. The van der Waals surface area contributed by atoms with Crippen LogP contribution in [0, 0.1) is 11.6 Å². The number of likely N-dealkylation sites (N-methyl/N-ethyl adjacent to an activating group) is 1. The highest BCUT2D eigenvalue weighted by atomic mass is 79.9. The second kappa shape index (κ2) is 6.95. The van der Waals surface area contributed by atoms with Crippen molar-refractivity contribution >= 4 is 15.9 Å². The molecule has 0 heterocycles. The fraction of sp³-hybridized carbons (Fsp3) is 0.250. The number of halogens is 3. The van der Waals surface area contributed by atoms with Gasteiger partial charge in [0.15, 0.2) is 0 Å². The molecule has 2 aromatic rings. The minimum atomic E-state index is -0.553. The van der Waals surface area contributed by atoms with Crippen molar-refractivity contribution in [3.8, 4) is 0 Å². The predicted octanol–water partition coefficient (Wildman–Crippen LogP) is 4.62. The Balaban J connectivity index is 2.29. The summed E-state index contributed by atoms with van der Waals surface area (Å²) in [4.78, 5) is 0. The van der Waals surface area contributed by atoms with Crippen molar-refractivity contribution in [3.05, 3.63) is 69.7 Å². The van der Waals surface area contributed by atoms with Crippen LogP contribution in [0.4, 0.5) is 8.78 Å². The maximum Gasteiger partial charge on any atom is 0.130 e. The molecule has 1 N–H and O–H groups in total. The Morgan fingerprint density at radius 1 is 1.15 bits per heavy atom. The van der Waals surface area contributed by atoms with E-state index in [1.807, 2.05) is 31.2 Å². The van der Waals surface area contributed by atoms with Gasteiger partial charge in [0.25, 0.3) is 0 Å². The maximum atomic E-state index is 13.9. The Hall–Kier alpha value is -1.26. The lowest BCUT2D eigenvalue weighted by molar-refractivity contribution is 0.501. The molecule has 20 heavy (non-hydrogen) atoms. The van der Waals surface area contributed by atoms with E-state index >= 15 is 0 Å². The van der Waals surface area contributed by atoms with E-state index in [1.54, 1.807) is 0 Å². The molecule has 0 bridgehead atoms. The highest BCUT2D eigenvalue weighted by Gasteiger charge is 2.17. The first-order valence-electron chi connectivity index (χ1n) is 6.53. The van der Waals surface area contributed by atoms with Crippen molar-refractivity contribution < 1.29 is 8.78 Å². The Kier molecular flexibility index (Phi) is 5.26. The van der Waals surface area contributed by atoms with Crippen LogP contribution in [0.25, 0.3) is 0 Å². The van der Waals surface area contributed by atoms with Gasteiger partial charge in [-0.3, -0.25) is 0 Å². The van der Waals surface area contributed by atoms with Gasteiger partial charge in [0.1, 0.15) is 11.6 Å². The lowest BCUT2D eigenvalue weighted by Gasteiger charge is -2.20. The second-order valence-electron chi connectivity index (χ2n) is 4.57. The molecule has 2 rings (SSSR count). The van der Waals surface area contributed by atoms with Crippen molar-refractivity contribution in [2.45, 2.75) is 19.4 Å². The van der Waals surface area contributed by atoms with Crippen molar-refractivity contribution in [2.24, 2.45) is 0 Å². The summed E-state index contributed by atoms with van der Waals surface area (Å²) >= 11 is 3.50. The van der Waals surface area contributed by atoms with Crippen LogP contribution in [0.2, 0.25) is 0 Å². The zero-order valence-electron chi connectivity index (χ0n) is 11.2. The molecule has 4 heteroatoms. The van der Waals surface area contributed by atoms with Crippen LogP contribution < -0.4 is 5.32 Å². The van der Waals surface area contributed by atoms with Gasteiger partial charge in [-0.1, -0.05) is 47.1 Å². The number of hydrogen-bond donors (Lipinski definition) is 1. The largest absolute Gasteiger partial charge is 0.310 e. The van der Waals surface area contributed by atoms with E-state index in [2.05, 4.69) is 21.2 Å². The van der Waals surface area contributed by atoms with Gasteiger partial charge < -0.3 is 5.32 Å². The zero-order chi connectivity index (χ0) is 14.5. The molecule has 0 aromatic heterocycles. The Morgan fingerprint density at radius 2 is 1.90 bits per heavy atom. The van der Waals surface area contributed by atoms with Crippen LogP contribution in [-0.2, 0) is 6.42 Å². The van der Waals surface area contributed by atoms with Crippen LogP contribution in [0.1, 0.15) is 24.1 Å². The van der Waals surface area contributed by atoms with Gasteiger partial charge in [0, 0.05) is 22.1 Å². The van der Waals surface area contributed by atoms with Crippen LogP contribution >= 0.6 is 15.9 Å². The summed E-state index contributed by atoms with van der Waals surface area (Å²) in [6.07, 6.45) is 0.637. The third-order valence-corrected chi connectivity index (χ3v) is 3.94. The van der Waals surface area contributed by atoms with E-state index in [0.29, 0.717) is 18.5 Å². The summed E-state index contributed by atoms with van der Waals surface area (Å²) in [6.45, 7) is 2.68. The van der Waals surface area contributed by atoms with E-state index in [1.165, 1.54) is 12.1 Å². The first kappa shape index (κ1) is 15.1. The molecule has 0 aliphatic carbocycles. The highest BCUT2D eigenvalue weighted by molar-refractivity contribution is 9.10. The summed E-state index contributed by atoms with van der Waals surface area (Å²) in [7, 11) is 0. The third-order valence-electron chi connectivity index (χ3n) is 3.17. The molecule has 0 fully saturated rings. The van der Waals surface area contributed by atoms with E-state index in [-0.39, 0.29) is 6.04 Å². The summed E-state index contributed by atoms with van der Waals surface area (Å²) < 4.78 is 27.9. The summed E-state index contributed by atoms with van der Waals surface area (Å²) in [6, 6.07) is 11.4. The highest BCUT2D eigenvalue weighted by Crippen LogP contribution is 2.25. The molecule has 2 aromatic carbocycles. The molecule has 1 atom stereocenters. The van der Waals surface area contributed by atoms with Gasteiger partial charge in [-0.25, -0.2) is 8.78 Å². The van der Waals surface area contributed by atoms with Crippen molar-refractivity contribution in [1.82, 2.24) is 5.32 Å². The Labute approximate surface area is 126 Å². The summed E-state index contributed by atoms with van der Waals surface area (Å²) in [5.41, 5.74) is 1.58. The number of rotatable bonds is 5. The van der Waals surface area contributed by atoms with Gasteiger partial charge in [-0.05, 0) is 30.7 Å². The minimum absolute atomic E-state index is 0.181.